The number of piperazine rings is 1. The fraction of sp³-hybridized carbons (Fsp3) is 0.353. The van der Waals surface area contributed by atoms with E-state index in [-0.39, 0.29) is 28.9 Å². The molecule has 2 aromatic rings. The van der Waals surface area contributed by atoms with Crippen LogP contribution in [-0.4, -0.2) is 55.8 Å². The second kappa shape index (κ2) is 8.24. The molecule has 27 heavy (non-hydrogen) atoms. The molecular weight excluding hydrogens is 413 g/mol. The lowest BCUT2D eigenvalue weighted by Crippen LogP contribution is -2.53. The summed E-state index contributed by atoms with van der Waals surface area (Å²) in [6.45, 7) is 3.08. The number of anilines is 1. The fourth-order valence-corrected chi connectivity index (χ4v) is 5.92. The summed E-state index contributed by atoms with van der Waals surface area (Å²) in [7, 11) is -3.57. The zero-order valence-electron chi connectivity index (χ0n) is 14.6. The van der Waals surface area contributed by atoms with E-state index in [9.17, 15) is 17.6 Å². The number of hydrogen-bond acceptors (Lipinski definition) is 5. The second-order valence-electron chi connectivity index (χ2n) is 6.14. The Kier molecular flexibility index (Phi) is 6.17. The van der Waals surface area contributed by atoms with Crippen molar-refractivity contribution in [1.29, 1.82) is 0 Å². The highest BCUT2D eigenvalue weighted by Gasteiger charge is 2.32. The van der Waals surface area contributed by atoms with E-state index >= 15 is 0 Å². The molecule has 1 unspecified atom stereocenters. The molecule has 1 aromatic heterocycles. The number of para-hydroxylation sites is 1. The van der Waals surface area contributed by atoms with Crippen LogP contribution in [0.2, 0.25) is 4.34 Å². The molecule has 0 bridgehead atoms. The smallest absolute Gasteiger partial charge is 0.252 e. The summed E-state index contributed by atoms with van der Waals surface area (Å²) in [6.07, 6.45) is 0. The summed E-state index contributed by atoms with van der Waals surface area (Å²) in [4.78, 5) is 14.3. The molecule has 1 atom stereocenters. The predicted octanol–water partition coefficient (Wildman–Crippen LogP) is 2.87. The molecule has 1 aliphatic heterocycles. The van der Waals surface area contributed by atoms with Crippen LogP contribution < -0.4 is 5.32 Å². The van der Waals surface area contributed by atoms with Crippen molar-refractivity contribution in [2.75, 3.05) is 31.5 Å². The zero-order valence-corrected chi connectivity index (χ0v) is 17.0. The molecule has 1 amide bonds. The van der Waals surface area contributed by atoms with E-state index in [0.29, 0.717) is 17.4 Å². The van der Waals surface area contributed by atoms with E-state index in [2.05, 4.69) is 5.32 Å². The number of nitrogens with one attached hydrogen (secondary N) is 1. The van der Waals surface area contributed by atoms with Crippen LogP contribution in [0.1, 0.15) is 6.92 Å². The molecule has 1 aliphatic rings. The molecule has 1 N–H and O–H groups in total. The average molecular weight is 432 g/mol. The highest BCUT2D eigenvalue weighted by molar-refractivity contribution is 7.91. The van der Waals surface area contributed by atoms with Crippen molar-refractivity contribution in [3.05, 3.63) is 46.6 Å². The Hall–Kier alpha value is -1.52. The van der Waals surface area contributed by atoms with Crippen molar-refractivity contribution in [2.24, 2.45) is 0 Å². The first-order chi connectivity index (χ1) is 12.8. The summed E-state index contributed by atoms with van der Waals surface area (Å²) in [5.41, 5.74) is 0.130. The zero-order chi connectivity index (χ0) is 19.6. The average Bonchev–Trinajstić information content (AvgIpc) is 3.10. The van der Waals surface area contributed by atoms with Gasteiger partial charge < -0.3 is 5.32 Å². The maximum absolute atomic E-state index is 13.7. The lowest BCUT2D eigenvalue weighted by molar-refractivity contribution is -0.121. The minimum absolute atomic E-state index is 0.130. The molecule has 0 saturated carbocycles. The molecule has 10 heteroatoms. The largest absolute Gasteiger partial charge is 0.322 e. The van der Waals surface area contributed by atoms with Crippen LogP contribution in [0, 0.1) is 5.82 Å². The lowest BCUT2D eigenvalue weighted by Gasteiger charge is -2.36. The first kappa shape index (κ1) is 20.2. The Balaban J connectivity index is 1.60. The van der Waals surface area contributed by atoms with Gasteiger partial charge in [0.1, 0.15) is 10.0 Å². The van der Waals surface area contributed by atoms with Gasteiger partial charge in [0.25, 0.3) is 10.0 Å². The summed E-state index contributed by atoms with van der Waals surface area (Å²) >= 11 is 6.86. The number of nitrogens with zero attached hydrogens (tertiary/aromatic N) is 2. The quantitative estimate of drug-likeness (QED) is 0.790. The molecule has 146 valence electrons. The van der Waals surface area contributed by atoms with Gasteiger partial charge in [0.2, 0.25) is 5.91 Å². The van der Waals surface area contributed by atoms with Gasteiger partial charge in [-0.25, -0.2) is 12.8 Å². The number of hydrogen-bond donors (Lipinski definition) is 1. The Morgan fingerprint density at radius 1 is 1.19 bits per heavy atom. The van der Waals surface area contributed by atoms with Crippen molar-refractivity contribution >= 4 is 44.6 Å². The Morgan fingerprint density at radius 3 is 2.44 bits per heavy atom. The van der Waals surface area contributed by atoms with Gasteiger partial charge in [0, 0.05) is 26.2 Å². The van der Waals surface area contributed by atoms with Gasteiger partial charge in [0.15, 0.2) is 0 Å². The van der Waals surface area contributed by atoms with E-state index < -0.39 is 21.9 Å². The van der Waals surface area contributed by atoms with Crippen LogP contribution >= 0.6 is 22.9 Å². The number of thiophene rings is 1. The molecular formula is C17H19ClFN3O3S2. The molecule has 0 aliphatic carbocycles. The van der Waals surface area contributed by atoms with Gasteiger partial charge in [-0.15, -0.1) is 11.3 Å². The molecule has 3 rings (SSSR count). The molecule has 6 nitrogen and oxygen atoms in total. The first-order valence-electron chi connectivity index (χ1n) is 8.34. The van der Waals surface area contributed by atoms with E-state index in [1.165, 1.54) is 22.5 Å². The standard InChI is InChI=1S/C17H19ClFN3O3S2/c1-12(17(23)20-14-5-3-2-4-13(14)19)21-8-10-22(11-9-21)27(24,25)16-7-6-15(18)26-16/h2-7,12H,8-11H2,1H3,(H,20,23). The van der Waals surface area contributed by atoms with Crippen molar-refractivity contribution in [2.45, 2.75) is 17.2 Å². The second-order valence-corrected chi connectivity index (χ2v) is 10.0. The van der Waals surface area contributed by atoms with Gasteiger partial charge in [0.05, 0.1) is 16.1 Å². The van der Waals surface area contributed by atoms with Crippen LogP contribution in [0.25, 0.3) is 0 Å². The monoisotopic (exact) mass is 431 g/mol. The summed E-state index contributed by atoms with van der Waals surface area (Å²) in [5.74, 6) is -0.829. The topological polar surface area (TPSA) is 69.7 Å². The molecule has 0 radical (unpaired) electrons. The van der Waals surface area contributed by atoms with Gasteiger partial charge in [-0.1, -0.05) is 23.7 Å². The van der Waals surface area contributed by atoms with Gasteiger partial charge in [-0.2, -0.15) is 4.31 Å². The van der Waals surface area contributed by atoms with Crippen molar-refractivity contribution < 1.29 is 17.6 Å². The molecule has 2 heterocycles. The van der Waals surface area contributed by atoms with Crippen molar-refractivity contribution in [3.8, 4) is 0 Å². The molecule has 1 fully saturated rings. The number of sulfonamides is 1. The normalized spacial score (nSPS) is 17.6. The fourth-order valence-electron chi connectivity index (χ4n) is 2.86. The van der Waals surface area contributed by atoms with E-state index in [4.69, 9.17) is 11.6 Å². The van der Waals surface area contributed by atoms with Crippen LogP contribution in [-0.2, 0) is 14.8 Å². The van der Waals surface area contributed by atoms with Crippen LogP contribution in [0.5, 0.6) is 0 Å². The maximum atomic E-state index is 13.7. The Bertz CT molecular complexity index is 927. The predicted molar refractivity (Wildman–Crippen MR) is 104 cm³/mol. The molecule has 1 saturated heterocycles. The van der Waals surface area contributed by atoms with Crippen LogP contribution in [0.15, 0.2) is 40.6 Å². The van der Waals surface area contributed by atoms with Crippen molar-refractivity contribution in [3.63, 3.8) is 0 Å². The first-order valence-corrected chi connectivity index (χ1v) is 11.0. The van der Waals surface area contributed by atoms with Gasteiger partial charge in [-0.3, -0.25) is 9.69 Å². The van der Waals surface area contributed by atoms with E-state index in [0.717, 1.165) is 11.3 Å². The van der Waals surface area contributed by atoms with Crippen molar-refractivity contribution in [1.82, 2.24) is 9.21 Å². The third-order valence-electron chi connectivity index (χ3n) is 4.47. The summed E-state index contributed by atoms with van der Waals surface area (Å²) in [5, 5.41) is 2.58. The van der Waals surface area contributed by atoms with Gasteiger partial charge >= 0.3 is 0 Å². The molecule has 0 spiro atoms. The third kappa shape index (κ3) is 4.49. The number of carbonyl (C=O) groups excluding carboxylic acids is 1. The number of rotatable bonds is 5. The lowest BCUT2D eigenvalue weighted by atomic mass is 10.2. The number of halogens is 2. The van der Waals surface area contributed by atoms with Gasteiger partial charge in [-0.05, 0) is 31.2 Å². The third-order valence-corrected chi connectivity index (χ3v) is 8.07. The number of amides is 1. The Morgan fingerprint density at radius 2 is 1.85 bits per heavy atom. The molecule has 1 aromatic carbocycles. The van der Waals surface area contributed by atoms with Crippen LogP contribution in [0.3, 0.4) is 0 Å². The SMILES string of the molecule is CC(C(=O)Nc1ccccc1F)N1CCN(S(=O)(=O)c2ccc(Cl)s2)CC1. The number of benzene rings is 1. The minimum Gasteiger partial charge on any atom is -0.322 e. The Labute approximate surface area is 166 Å². The minimum atomic E-state index is -3.57. The highest BCUT2D eigenvalue weighted by atomic mass is 35.5. The number of carbonyl (C=O) groups is 1. The summed E-state index contributed by atoms with van der Waals surface area (Å²) in [6, 6.07) is 8.52. The van der Waals surface area contributed by atoms with E-state index in [1.54, 1.807) is 25.1 Å². The maximum Gasteiger partial charge on any atom is 0.252 e. The van der Waals surface area contributed by atoms with Crippen LogP contribution in [0.4, 0.5) is 10.1 Å². The summed E-state index contributed by atoms with van der Waals surface area (Å²) < 4.78 is 41.0. The van der Waals surface area contributed by atoms with E-state index in [1.807, 2.05) is 4.90 Å². The highest BCUT2D eigenvalue weighted by Crippen LogP contribution is 2.28.